The van der Waals surface area contributed by atoms with Crippen molar-refractivity contribution < 1.29 is 9.59 Å². The number of carbonyl (C=O) groups excluding carboxylic acids is 2. The first-order valence-electron chi connectivity index (χ1n) is 9.09. The largest absolute Gasteiger partial charge is 0.350 e. The fourth-order valence-corrected chi connectivity index (χ4v) is 3.05. The van der Waals surface area contributed by atoms with E-state index in [2.05, 4.69) is 24.5 Å². The average Bonchev–Trinajstić information content (AvgIpc) is 2.55. The Balaban J connectivity index is 2.72. The van der Waals surface area contributed by atoms with E-state index < -0.39 is 0 Å². The molecule has 0 bridgehead atoms. The highest BCUT2D eigenvalue weighted by Gasteiger charge is 2.29. The van der Waals surface area contributed by atoms with Crippen LogP contribution in [-0.2, 0) is 15.1 Å². The van der Waals surface area contributed by atoms with Crippen LogP contribution in [0.1, 0.15) is 53.0 Å². The molecule has 0 aliphatic heterocycles. The second-order valence-electron chi connectivity index (χ2n) is 7.70. The molecule has 0 radical (unpaired) electrons. The van der Waals surface area contributed by atoms with Gasteiger partial charge in [-0.3, -0.25) is 14.9 Å². The van der Waals surface area contributed by atoms with E-state index in [9.17, 15) is 9.59 Å². The first kappa shape index (κ1) is 22.5. The van der Waals surface area contributed by atoms with Crippen molar-refractivity contribution in [1.82, 2.24) is 15.5 Å². The maximum absolute atomic E-state index is 12.5. The van der Waals surface area contributed by atoms with Crippen molar-refractivity contribution in [2.24, 2.45) is 0 Å². The molecule has 0 aliphatic carbocycles. The summed E-state index contributed by atoms with van der Waals surface area (Å²) >= 11 is 5.99. The maximum Gasteiger partial charge on any atom is 0.240 e. The summed E-state index contributed by atoms with van der Waals surface area (Å²) in [5, 5.41) is 6.96. The number of rotatable bonds is 8. The number of carbonyl (C=O) groups is 2. The topological polar surface area (TPSA) is 61.4 Å². The minimum Gasteiger partial charge on any atom is -0.350 e. The summed E-state index contributed by atoms with van der Waals surface area (Å²) in [6.07, 6.45) is 1.68. The fourth-order valence-electron chi connectivity index (χ4n) is 2.92. The Morgan fingerprint density at radius 3 is 2.08 bits per heavy atom. The van der Waals surface area contributed by atoms with Gasteiger partial charge in [-0.2, -0.15) is 0 Å². The van der Waals surface area contributed by atoms with E-state index in [1.54, 1.807) is 7.05 Å². The van der Waals surface area contributed by atoms with E-state index in [1.807, 2.05) is 45.0 Å². The van der Waals surface area contributed by atoms with Gasteiger partial charge in [0.15, 0.2) is 0 Å². The van der Waals surface area contributed by atoms with E-state index in [0.29, 0.717) is 5.02 Å². The molecule has 6 heteroatoms. The quantitative estimate of drug-likeness (QED) is 0.726. The SMILES string of the molecule is CCC(CC)(NCC(=O)N(C)CC(=O)NC(C)(C)C)c1ccc(Cl)cc1. The van der Waals surface area contributed by atoms with E-state index >= 15 is 0 Å². The van der Waals surface area contributed by atoms with Crippen molar-refractivity contribution in [2.45, 2.75) is 58.5 Å². The standard InChI is InChI=1S/C20H32ClN3O2/c1-7-20(8-2,15-9-11-16(21)12-10-15)22-13-18(26)24(6)14-17(25)23-19(3,4)5/h9-12,22H,7-8,13-14H2,1-6H3,(H,23,25). The Bertz CT molecular complexity index is 604. The summed E-state index contributed by atoms with van der Waals surface area (Å²) in [6.45, 7) is 10.1. The molecule has 0 aliphatic rings. The van der Waals surface area contributed by atoms with E-state index in [0.717, 1.165) is 18.4 Å². The molecule has 0 saturated heterocycles. The highest BCUT2D eigenvalue weighted by Crippen LogP contribution is 2.29. The van der Waals surface area contributed by atoms with Crippen molar-refractivity contribution in [3.8, 4) is 0 Å². The molecule has 146 valence electrons. The van der Waals surface area contributed by atoms with Crippen LogP contribution in [0.5, 0.6) is 0 Å². The van der Waals surface area contributed by atoms with Gasteiger partial charge in [0.2, 0.25) is 11.8 Å². The molecular formula is C20H32ClN3O2. The second kappa shape index (κ2) is 9.38. The Morgan fingerprint density at radius 2 is 1.62 bits per heavy atom. The Hall–Kier alpha value is -1.59. The highest BCUT2D eigenvalue weighted by molar-refractivity contribution is 6.30. The molecular weight excluding hydrogens is 350 g/mol. The lowest BCUT2D eigenvalue weighted by atomic mass is 9.84. The lowest BCUT2D eigenvalue weighted by molar-refractivity contribution is -0.134. The summed E-state index contributed by atoms with van der Waals surface area (Å²) < 4.78 is 0. The molecule has 0 atom stereocenters. The van der Waals surface area contributed by atoms with Crippen molar-refractivity contribution in [3.05, 3.63) is 34.9 Å². The highest BCUT2D eigenvalue weighted by atomic mass is 35.5. The van der Waals surface area contributed by atoms with Gasteiger partial charge in [-0.1, -0.05) is 37.6 Å². The Morgan fingerprint density at radius 1 is 1.08 bits per heavy atom. The van der Waals surface area contributed by atoms with Gasteiger partial charge in [0.25, 0.3) is 0 Å². The zero-order chi connectivity index (χ0) is 20.0. The lowest BCUT2D eigenvalue weighted by Crippen LogP contribution is -2.50. The molecule has 1 aromatic carbocycles. The Kier molecular flexibility index (Phi) is 8.10. The number of hydrogen-bond donors (Lipinski definition) is 2. The first-order chi connectivity index (χ1) is 12.0. The normalized spacial score (nSPS) is 12.0. The van der Waals surface area contributed by atoms with Gasteiger partial charge in [-0.05, 0) is 51.3 Å². The molecule has 1 rings (SSSR count). The van der Waals surface area contributed by atoms with Crippen LogP contribution in [0.4, 0.5) is 0 Å². The van der Waals surface area contributed by atoms with Crippen LogP contribution >= 0.6 is 11.6 Å². The molecule has 26 heavy (non-hydrogen) atoms. The number of halogens is 1. The van der Waals surface area contributed by atoms with Crippen LogP contribution < -0.4 is 10.6 Å². The van der Waals surface area contributed by atoms with Gasteiger partial charge in [-0.15, -0.1) is 0 Å². The summed E-state index contributed by atoms with van der Waals surface area (Å²) in [5.74, 6) is -0.280. The summed E-state index contributed by atoms with van der Waals surface area (Å²) in [4.78, 5) is 25.9. The minimum atomic E-state index is -0.312. The number of nitrogens with one attached hydrogen (secondary N) is 2. The number of amides is 2. The van der Waals surface area contributed by atoms with Crippen LogP contribution in [0, 0.1) is 0 Å². The van der Waals surface area contributed by atoms with Crippen molar-refractivity contribution in [3.63, 3.8) is 0 Å². The first-order valence-corrected chi connectivity index (χ1v) is 9.47. The third-order valence-corrected chi connectivity index (χ3v) is 4.75. The molecule has 0 heterocycles. The molecule has 2 N–H and O–H groups in total. The lowest BCUT2D eigenvalue weighted by Gasteiger charge is -2.34. The molecule has 0 unspecified atom stereocenters. The number of hydrogen-bond acceptors (Lipinski definition) is 3. The number of likely N-dealkylation sites (N-methyl/N-ethyl adjacent to an activating group) is 1. The molecule has 1 aromatic rings. The zero-order valence-corrected chi connectivity index (χ0v) is 17.5. The molecule has 0 saturated carbocycles. The molecule has 2 amide bonds. The van der Waals surface area contributed by atoms with Crippen LogP contribution in [0.2, 0.25) is 5.02 Å². The van der Waals surface area contributed by atoms with Crippen molar-refractivity contribution in [2.75, 3.05) is 20.1 Å². The van der Waals surface area contributed by atoms with Gasteiger partial charge < -0.3 is 10.2 Å². The molecule has 5 nitrogen and oxygen atoms in total. The third kappa shape index (κ3) is 6.61. The predicted molar refractivity (Wildman–Crippen MR) is 107 cm³/mol. The smallest absolute Gasteiger partial charge is 0.240 e. The van der Waals surface area contributed by atoms with E-state index in [1.165, 1.54) is 4.90 Å². The average molecular weight is 382 g/mol. The molecule has 0 aromatic heterocycles. The van der Waals surface area contributed by atoms with Gasteiger partial charge in [0.05, 0.1) is 13.1 Å². The van der Waals surface area contributed by atoms with Gasteiger partial charge in [0.1, 0.15) is 0 Å². The van der Waals surface area contributed by atoms with E-state index in [-0.39, 0.29) is 36.0 Å². The summed E-state index contributed by atoms with van der Waals surface area (Å²) in [5.41, 5.74) is 0.495. The van der Waals surface area contributed by atoms with Crippen molar-refractivity contribution >= 4 is 23.4 Å². The second-order valence-corrected chi connectivity index (χ2v) is 8.13. The monoisotopic (exact) mass is 381 g/mol. The summed E-state index contributed by atoms with van der Waals surface area (Å²) in [6, 6.07) is 7.72. The van der Waals surface area contributed by atoms with Crippen LogP contribution in [0.15, 0.2) is 24.3 Å². The Labute approximate surface area is 162 Å². The van der Waals surface area contributed by atoms with Gasteiger partial charge >= 0.3 is 0 Å². The van der Waals surface area contributed by atoms with Crippen LogP contribution in [-0.4, -0.2) is 42.4 Å². The number of nitrogens with zero attached hydrogens (tertiary/aromatic N) is 1. The van der Waals surface area contributed by atoms with E-state index in [4.69, 9.17) is 11.6 Å². The predicted octanol–water partition coefficient (Wildman–Crippen LogP) is 3.32. The fraction of sp³-hybridized carbons (Fsp3) is 0.600. The molecule has 0 spiro atoms. The van der Waals surface area contributed by atoms with Gasteiger partial charge in [0, 0.05) is 23.1 Å². The third-order valence-electron chi connectivity index (χ3n) is 4.50. The van der Waals surface area contributed by atoms with Crippen LogP contribution in [0.3, 0.4) is 0 Å². The van der Waals surface area contributed by atoms with Gasteiger partial charge in [-0.25, -0.2) is 0 Å². The summed E-state index contributed by atoms with van der Waals surface area (Å²) in [7, 11) is 1.65. The van der Waals surface area contributed by atoms with Crippen LogP contribution in [0.25, 0.3) is 0 Å². The zero-order valence-electron chi connectivity index (χ0n) is 16.8. The minimum absolute atomic E-state index is 0.0456. The number of benzene rings is 1. The molecule has 0 fully saturated rings. The maximum atomic E-state index is 12.5. The van der Waals surface area contributed by atoms with Crippen molar-refractivity contribution in [1.29, 1.82) is 0 Å².